The minimum atomic E-state index is -0.600. The highest BCUT2D eigenvalue weighted by molar-refractivity contribution is 7.80. The number of furan rings is 1. The van der Waals surface area contributed by atoms with Crippen LogP contribution in [0.4, 0.5) is 5.88 Å². The van der Waals surface area contributed by atoms with Crippen LogP contribution in [0.25, 0.3) is 0 Å². The number of hydrazone groups is 1. The SMILES string of the molecule is O=[N+]([O-])c1ccc(/C=N\NC(=S)N(Cc2ccccc2)Cc2ccccc2)o1. The summed E-state index contributed by atoms with van der Waals surface area (Å²) in [6, 6.07) is 22.7. The Bertz CT molecular complexity index is 916. The molecule has 0 aliphatic rings. The molecule has 1 heterocycles. The van der Waals surface area contributed by atoms with E-state index in [0.717, 1.165) is 11.1 Å². The van der Waals surface area contributed by atoms with Crippen LogP contribution in [0.5, 0.6) is 0 Å². The zero-order valence-corrected chi connectivity index (χ0v) is 15.7. The van der Waals surface area contributed by atoms with Gasteiger partial charge in [0, 0.05) is 13.1 Å². The van der Waals surface area contributed by atoms with Crippen molar-refractivity contribution < 1.29 is 9.34 Å². The maximum atomic E-state index is 10.7. The molecule has 0 aliphatic heterocycles. The highest BCUT2D eigenvalue weighted by atomic mass is 32.1. The van der Waals surface area contributed by atoms with E-state index in [9.17, 15) is 10.1 Å². The average Bonchev–Trinajstić information content (AvgIpc) is 3.18. The molecule has 3 aromatic rings. The van der Waals surface area contributed by atoms with Crippen molar-refractivity contribution in [2.45, 2.75) is 13.1 Å². The Morgan fingerprint density at radius 3 is 2.11 bits per heavy atom. The molecule has 0 radical (unpaired) electrons. The normalized spacial score (nSPS) is 10.7. The van der Waals surface area contributed by atoms with Crippen LogP contribution >= 0.6 is 12.2 Å². The van der Waals surface area contributed by atoms with Crippen molar-refractivity contribution in [3.63, 3.8) is 0 Å². The lowest BCUT2D eigenvalue weighted by Gasteiger charge is -2.24. The van der Waals surface area contributed by atoms with Crippen LogP contribution < -0.4 is 5.43 Å². The Morgan fingerprint density at radius 1 is 1.04 bits per heavy atom. The fourth-order valence-corrected chi connectivity index (χ4v) is 2.72. The maximum Gasteiger partial charge on any atom is 0.433 e. The fourth-order valence-electron chi connectivity index (χ4n) is 2.54. The molecule has 0 saturated carbocycles. The second-order valence-corrected chi connectivity index (χ2v) is 6.32. The van der Waals surface area contributed by atoms with Crippen molar-refractivity contribution in [3.8, 4) is 0 Å². The summed E-state index contributed by atoms with van der Waals surface area (Å²) in [5.74, 6) is -0.0709. The predicted octanol–water partition coefficient (Wildman–Crippen LogP) is 4.10. The Morgan fingerprint density at radius 2 is 1.61 bits per heavy atom. The molecule has 0 unspecified atom stereocenters. The molecular weight excluding hydrogens is 376 g/mol. The Hall–Kier alpha value is -3.52. The van der Waals surface area contributed by atoms with E-state index in [2.05, 4.69) is 10.5 Å². The first-order valence-corrected chi connectivity index (χ1v) is 8.93. The predicted molar refractivity (Wildman–Crippen MR) is 111 cm³/mol. The van der Waals surface area contributed by atoms with Gasteiger partial charge in [-0.25, -0.2) is 0 Å². The molecule has 142 valence electrons. The molecule has 8 heteroatoms. The zero-order valence-electron chi connectivity index (χ0n) is 14.9. The van der Waals surface area contributed by atoms with Gasteiger partial charge in [-0.1, -0.05) is 60.7 Å². The van der Waals surface area contributed by atoms with Crippen LogP contribution in [0.3, 0.4) is 0 Å². The van der Waals surface area contributed by atoms with Crippen molar-refractivity contribution in [2.24, 2.45) is 5.10 Å². The second kappa shape index (κ2) is 9.43. The third-order valence-electron chi connectivity index (χ3n) is 3.86. The van der Waals surface area contributed by atoms with Crippen molar-refractivity contribution >= 4 is 29.4 Å². The van der Waals surface area contributed by atoms with Gasteiger partial charge < -0.3 is 9.32 Å². The summed E-state index contributed by atoms with van der Waals surface area (Å²) in [4.78, 5) is 12.0. The summed E-state index contributed by atoms with van der Waals surface area (Å²) in [7, 11) is 0. The molecule has 1 N–H and O–H groups in total. The van der Waals surface area contributed by atoms with Gasteiger partial charge in [-0.3, -0.25) is 15.5 Å². The number of hydrogen-bond acceptors (Lipinski definition) is 5. The number of nitrogens with one attached hydrogen (secondary N) is 1. The van der Waals surface area contributed by atoms with Gasteiger partial charge in [0.05, 0.1) is 12.3 Å². The van der Waals surface area contributed by atoms with Gasteiger partial charge in [0.1, 0.15) is 4.92 Å². The average molecular weight is 394 g/mol. The number of nitrogens with zero attached hydrogens (tertiary/aromatic N) is 3. The number of hydrogen-bond donors (Lipinski definition) is 1. The third kappa shape index (κ3) is 5.49. The van der Waals surface area contributed by atoms with E-state index in [1.807, 2.05) is 65.6 Å². The van der Waals surface area contributed by atoms with Crippen LogP contribution in [-0.2, 0) is 13.1 Å². The fraction of sp³-hybridized carbons (Fsp3) is 0.100. The molecular formula is C20H18N4O3S. The molecule has 28 heavy (non-hydrogen) atoms. The minimum absolute atomic E-state index is 0.264. The molecule has 3 rings (SSSR count). The Kier molecular flexibility index (Phi) is 6.48. The number of nitro groups is 1. The van der Waals surface area contributed by atoms with Crippen molar-refractivity contribution in [1.29, 1.82) is 0 Å². The van der Waals surface area contributed by atoms with Crippen LogP contribution in [0.1, 0.15) is 16.9 Å². The van der Waals surface area contributed by atoms with Crippen molar-refractivity contribution in [2.75, 3.05) is 0 Å². The van der Waals surface area contributed by atoms with Crippen LogP contribution in [0, 0.1) is 10.1 Å². The van der Waals surface area contributed by atoms with Gasteiger partial charge in [0.2, 0.25) is 0 Å². The number of thiocarbonyl (C=S) groups is 1. The molecule has 0 spiro atoms. The van der Waals surface area contributed by atoms with Gasteiger partial charge in [0.15, 0.2) is 10.9 Å². The van der Waals surface area contributed by atoms with E-state index in [-0.39, 0.29) is 11.6 Å². The van der Waals surface area contributed by atoms with Gasteiger partial charge >= 0.3 is 5.88 Å². The van der Waals surface area contributed by atoms with E-state index < -0.39 is 4.92 Å². The van der Waals surface area contributed by atoms with Gasteiger partial charge in [0.25, 0.3) is 0 Å². The molecule has 0 fully saturated rings. The highest BCUT2D eigenvalue weighted by Crippen LogP contribution is 2.14. The second-order valence-electron chi connectivity index (χ2n) is 5.94. The summed E-state index contributed by atoms with van der Waals surface area (Å²) in [5, 5.41) is 15.1. The molecule has 0 aliphatic carbocycles. The van der Waals surface area contributed by atoms with Crippen LogP contribution in [0.2, 0.25) is 0 Å². The molecule has 7 nitrogen and oxygen atoms in total. The molecule has 0 bridgehead atoms. The van der Waals surface area contributed by atoms with E-state index in [0.29, 0.717) is 18.2 Å². The summed E-state index contributed by atoms with van der Waals surface area (Å²) in [6.45, 7) is 1.23. The van der Waals surface area contributed by atoms with Gasteiger partial charge in [-0.05, 0) is 29.4 Å². The van der Waals surface area contributed by atoms with Crippen molar-refractivity contribution in [1.82, 2.24) is 10.3 Å². The molecule has 0 amide bonds. The lowest BCUT2D eigenvalue weighted by atomic mass is 10.2. The summed E-state index contributed by atoms with van der Waals surface area (Å²) >= 11 is 5.50. The lowest BCUT2D eigenvalue weighted by Crippen LogP contribution is -2.36. The lowest BCUT2D eigenvalue weighted by molar-refractivity contribution is -0.402. The molecule has 0 atom stereocenters. The minimum Gasteiger partial charge on any atom is -0.400 e. The number of benzene rings is 2. The summed E-state index contributed by atoms with van der Waals surface area (Å²) in [6.07, 6.45) is 1.35. The van der Waals surface area contributed by atoms with Crippen LogP contribution in [-0.4, -0.2) is 21.2 Å². The largest absolute Gasteiger partial charge is 0.433 e. The quantitative estimate of drug-likeness (QED) is 0.281. The van der Waals surface area contributed by atoms with Gasteiger partial charge in [-0.15, -0.1) is 0 Å². The zero-order chi connectivity index (χ0) is 19.8. The summed E-state index contributed by atoms with van der Waals surface area (Å²) < 4.78 is 5.03. The monoisotopic (exact) mass is 394 g/mol. The first kappa shape index (κ1) is 19.2. The molecule has 0 saturated heterocycles. The van der Waals surface area contributed by atoms with E-state index in [4.69, 9.17) is 16.6 Å². The van der Waals surface area contributed by atoms with Gasteiger partial charge in [-0.2, -0.15) is 5.10 Å². The van der Waals surface area contributed by atoms with Crippen LogP contribution in [0.15, 0.2) is 82.3 Å². The topological polar surface area (TPSA) is 83.9 Å². The maximum absolute atomic E-state index is 10.7. The highest BCUT2D eigenvalue weighted by Gasteiger charge is 2.12. The standard InChI is InChI=1S/C20H18N4O3S/c25-24(26)19-12-11-18(27-19)13-21-22-20(28)23(14-16-7-3-1-4-8-16)15-17-9-5-2-6-10-17/h1-13H,14-15H2,(H,22,28)/b21-13-. The van der Waals surface area contributed by atoms with Crippen molar-refractivity contribution in [3.05, 3.63) is 99.8 Å². The van der Waals surface area contributed by atoms with E-state index in [1.165, 1.54) is 18.3 Å². The molecule has 2 aromatic carbocycles. The summed E-state index contributed by atoms with van der Waals surface area (Å²) in [5.41, 5.74) is 5.04. The number of rotatable bonds is 7. The first-order valence-electron chi connectivity index (χ1n) is 8.52. The molecule has 1 aromatic heterocycles. The smallest absolute Gasteiger partial charge is 0.400 e. The first-order chi connectivity index (χ1) is 13.6. The van der Waals surface area contributed by atoms with E-state index >= 15 is 0 Å². The third-order valence-corrected chi connectivity index (χ3v) is 4.21. The Labute approximate surface area is 167 Å². The Balaban J connectivity index is 1.68. The van der Waals surface area contributed by atoms with E-state index in [1.54, 1.807) is 0 Å².